The molecule has 1 aliphatic carbocycles. The van der Waals surface area contributed by atoms with Crippen LogP contribution in [0.3, 0.4) is 0 Å². The van der Waals surface area contributed by atoms with E-state index in [9.17, 15) is 5.11 Å². The fraction of sp³-hybridized carbons (Fsp3) is 0.600. The summed E-state index contributed by atoms with van der Waals surface area (Å²) in [7, 11) is 0. The predicted octanol–water partition coefficient (Wildman–Crippen LogP) is 1.95. The molecule has 0 bridgehead atoms. The highest BCUT2D eigenvalue weighted by Gasteiger charge is 2.23. The van der Waals surface area contributed by atoms with Crippen LogP contribution in [0.1, 0.15) is 25.7 Å². The van der Waals surface area contributed by atoms with Crippen molar-refractivity contribution in [2.45, 2.75) is 37.8 Å². The lowest BCUT2D eigenvalue weighted by Gasteiger charge is -2.28. The summed E-state index contributed by atoms with van der Waals surface area (Å²) >= 11 is 3.37. The van der Waals surface area contributed by atoms with Crippen molar-refractivity contribution < 1.29 is 5.11 Å². The van der Waals surface area contributed by atoms with E-state index in [-0.39, 0.29) is 12.1 Å². The average Bonchev–Trinajstić information content (AvgIpc) is 2.24. The summed E-state index contributed by atoms with van der Waals surface area (Å²) in [4.78, 5) is 8.02. The maximum absolute atomic E-state index is 9.80. The number of nitrogens with zero attached hydrogens (tertiary/aromatic N) is 2. The van der Waals surface area contributed by atoms with E-state index in [0.29, 0.717) is 0 Å². The second kappa shape index (κ2) is 4.90. The number of hydrogen-bond acceptors (Lipinski definition) is 4. The molecular formula is C10H14BrN3O. The summed E-state index contributed by atoms with van der Waals surface area (Å²) in [6.45, 7) is 0. The number of nitrogens with one attached hydrogen (secondary N) is 1. The lowest BCUT2D eigenvalue weighted by atomic mass is 9.93. The van der Waals surface area contributed by atoms with Gasteiger partial charge in [0.25, 0.3) is 0 Å². The Morgan fingerprint density at radius 2 is 2.20 bits per heavy atom. The molecule has 2 rings (SSSR count). The Hall–Kier alpha value is -0.680. The van der Waals surface area contributed by atoms with Crippen molar-refractivity contribution >= 4 is 21.7 Å². The molecule has 0 spiro atoms. The molecule has 0 aromatic carbocycles. The largest absolute Gasteiger partial charge is 0.391 e. The van der Waals surface area contributed by atoms with Crippen LogP contribution in [0.15, 0.2) is 17.0 Å². The molecule has 5 heteroatoms. The number of aliphatic hydroxyl groups is 1. The fourth-order valence-corrected chi connectivity index (χ4v) is 2.21. The average molecular weight is 272 g/mol. The molecule has 2 unspecified atom stereocenters. The SMILES string of the molecule is OC1CCCCC1Nc1ncncc1Br. The molecule has 1 heterocycles. The highest BCUT2D eigenvalue weighted by molar-refractivity contribution is 9.10. The van der Waals surface area contributed by atoms with Gasteiger partial charge in [-0.15, -0.1) is 0 Å². The molecule has 0 aliphatic heterocycles. The van der Waals surface area contributed by atoms with E-state index in [1.165, 1.54) is 6.33 Å². The van der Waals surface area contributed by atoms with Crippen LogP contribution in [0.5, 0.6) is 0 Å². The van der Waals surface area contributed by atoms with Gasteiger partial charge in [-0.25, -0.2) is 9.97 Å². The Morgan fingerprint density at radius 3 is 2.93 bits per heavy atom. The van der Waals surface area contributed by atoms with Crippen molar-refractivity contribution in [3.05, 3.63) is 17.0 Å². The Bertz CT molecular complexity index is 334. The van der Waals surface area contributed by atoms with Gasteiger partial charge in [-0.2, -0.15) is 0 Å². The number of rotatable bonds is 2. The Labute approximate surface area is 97.3 Å². The van der Waals surface area contributed by atoms with Crippen molar-refractivity contribution in [1.82, 2.24) is 9.97 Å². The molecule has 1 aromatic heterocycles. The molecule has 1 saturated carbocycles. The van der Waals surface area contributed by atoms with Crippen molar-refractivity contribution in [2.75, 3.05) is 5.32 Å². The first kappa shape index (κ1) is 10.8. The Kier molecular flexibility index (Phi) is 3.53. The van der Waals surface area contributed by atoms with Gasteiger partial charge in [-0.05, 0) is 28.8 Å². The Balaban J connectivity index is 2.04. The molecule has 0 saturated heterocycles. The molecular weight excluding hydrogens is 258 g/mol. The number of hydrogen-bond donors (Lipinski definition) is 2. The van der Waals surface area contributed by atoms with Gasteiger partial charge >= 0.3 is 0 Å². The molecule has 0 amide bonds. The minimum Gasteiger partial charge on any atom is -0.391 e. The standard InChI is InChI=1S/C10H14BrN3O/c11-7-5-12-6-13-10(7)14-8-3-1-2-4-9(8)15/h5-6,8-9,15H,1-4H2,(H,12,13,14). The molecule has 1 fully saturated rings. The highest BCUT2D eigenvalue weighted by atomic mass is 79.9. The van der Waals surface area contributed by atoms with Gasteiger partial charge in [0.15, 0.2) is 0 Å². The third-order valence-electron chi connectivity index (χ3n) is 2.72. The lowest BCUT2D eigenvalue weighted by molar-refractivity contribution is 0.116. The van der Waals surface area contributed by atoms with Crippen LogP contribution >= 0.6 is 15.9 Å². The van der Waals surface area contributed by atoms with Gasteiger partial charge < -0.3 is 10.4 Å². The maximum atomic E-state index is 9.80. The number of aromatic nitrogens is 2. The smallest absolute Gasteiger partial charge is 0.144 e. The zero-order valence-electron chi connectivity index (χ0n) is 8.36. The first-order valence-electron chi connectivity index (χ1n) is 5.17. The van der Waals surface area contributed by atoms with Crippen LogP contribution in [0.25, 0.3) is 0 Å². The van der Waals surface area contributed by atoms with Crippen LogP contribution in [0.2, 0.25) is 0 Å². The van der Waals surface area contributed by atoms with E-state index < -0.39 is 0 Å². The molecule has 82 valence electrons. The zero-order valence-corrected chi connectivity index (χ0v) is 9.94. The van der Waals surface area contributed by atoms with Crippen molar-refractivity contribution in [1.29, 1.82) is 0 Å². The van der Waals surface area contributed by atoms with Crippen LogP contribution in [-0.2, 0) is 0 Å². The first-order chi connectivity index (χ1) is 7.27. The van der Waals surface area contributed by atoms with Gasteiger partial charge in [0.1, 0.15) is 12.1 Å². The van der Waals surface area contributed by atoms with Crippen molar-refractivity contribution in [3.63, 3.8) is 0 Å². The first-order valence-corrected chi connectivity index (χ1v) is 5.97. The van der Waals surface area contributed by atoms with Crippen LogP contribution in [0.4, 0.5) is 5.82 Å². The topological polar surface area (TPSA) is 58.0 Å². The van der Waals surface area contributed by atoms with E-state index in [0.717, 1.165) is 36.0 Å². The van der Waals surface area contributed by atoms with E-state index in [1.807, 2.05) is 0 Å². The highest BCUT2D eigenvalue weighted by Crippen LogP contribution is 2.24. The second-order valence-corrected chi connectivity index (χ2v) is 4.68. The van der Waals surface area contributed by atoms with Gasteiger partial charge in [-0.1, -0.05) is 12.8 Å². The van der Waals surface area contributed by atoms with E-state index in [4.69, 9.17) is 0 Å². The Morgan fingerprint density at radius 1 is 1.40 bits per heavy atom. The molecule has 0 radical (unpaired) electrons. The minimum atomic E-state index is -0.263. The maximum Gasteiger partial charge on any atom is 0.144 e. The minimum absolute atomic E-state index is 0.116. The summed E-state index contributed by atoms with van der Waals surface area (Å²) in [6.07, 6.45) is 7.09. The summed E-state index contributed by atoms with van der Waals surface area (Å²) in [5.41, 5.74) is 0. The van der Waals surface area contributed by atoms with Gasteiger partial charge in [0, 0.05) is 6.20 Å². The van der Waals surface area contributed by atoms with E-state index in [2.05, 4.69) is 31.2 Å². The summed E-state index contributed by atoms with van der Waals surface area (Å²) in [5, 5.41) is 13.1. The quantitative estimate of drug-likeness (QED) is 0.864. The zero-order chi connectivity index (χ0) is 10.7. The van der Waals surface area contributed by atoms with Crippen molar-refractivity contribution in [3.8, 4) is 0 Å². The number of halogens is 1. The number of anilines is 1. The molecule has 1 aliphatic rings. The van der Waals surface area contributed by atoms with Gasteiger partial charge in [-0.3, -0.25) is 0 Å². The van der Waals surface area contributed by atoms with Gasteiger partial charge in [0.05, 0.1) is 16.6 Å². The predicted molar refractivity (Wildman–Crippen MR) is 61.6 cm³/mol. The number of aliphatic hydroxyl groups excluding tert-OH is 1. The summed E-state index contributed by atoms with van der Waals surface area (Å²) in [6, 6.07) is 0.116. The summed E-state index contributed by atoms with van der Waals surface area (Å²) < 4.78 is 0.836. The monoisotopic (exact) mass is 271 g/mol. The molecule has 2 N–H and O–H groups in total. The second-order valence-electron chi connectivity index (χ2n) is 3.82. The third-order valence-corrected chi connectivity index (χ3v) is 3.30. The normalized spacial score (nSPS) is 26.3. The summed E-state index contributed by atoms with van der Waals surface area (Å²) in [5.74, 6) is 0.760. The van der Waals surface area contributed by atoms with Crippen LogP contribution in [-0.4, -0.2) is 27.2 Å². The fourth-order valence-electron chi connectivity index (χ4n) is 1.87. The third kappa shape index (κ3) is 2.66. The molecule has 15 heavy (non-hydrogen) atoms. The molecule has 4 nitrogen and oxygen atoms in total. The van der Waals surface area contributed by atoms with Crippen molar-refractivity contribution in [2.24, 2.45) is 0 Å². The molecule has 2 atom stereocenters. The lowest BCUT2D eigenvalue weighted by Crippen LogP contribution is -2.36. The molecule has 1 aromatic rings. The van der Waals surface area contributed by atoms with Gasteiger partial charge in [0.2, 0.25) is 0 Å². The van der Waals surface area contributed by atoms with Crippen LogP contribution in [0, 0.1) is 0 Å². The van der Waals surface area contributed by atoms with E-state index >= 15 is 0 Å². The van der Waals surface area contributed by atoms with Crippen LogP contribution < -0.4 is 5.32 Å². The van der Waals surface area contributed by atoms with E-state index in [1.54, 1.807) is 6.20 Å².